The molecule has 1 N–H and O–H groups in total. The molecule has 0 fully saturated rings. The van der Waals surface area contributed by atoms with Gasteiger partial charge < -0.3 is 5.11 Å². The molecule has 0 atom stereocenters. The minimum Gasteiger partial charge on any atom is -0.392 e. The van der Waals surface area contributed by atoms with E-state index in [0.717, 1.165) is 10.0 Å². The van der Waals surface area contributed by atoms with E-state index in [1.165, 1.54) is 0 Å². The molecule has 0 saturated carbocycles. The molecule has 0 unspecified atom stereocenters. The molecular formula is C7H7BrO. The summed E-state index contributed by atoms with van der Waals surface area (Å²) in [5, 5.41) is 4.21. The van der Waals surface area contributed by atoms with Crippen molar-refractivity contribution < 1.29 is 5.11 Å². The van der Waals surface area contributed by atoms with E-state index in [9.17, 15) is 0 Å². The summed E-state index contributed by atoms with van der Waals surface area (Å²) in [6.45, 7) is 0.347. The summed E-state index contributed by atoms with van der Waals surface area (Å²) in [7, 11) is 0. The van der Waals surface area contributed by atoms with Crippen molar-refractivity contribution in [1.29, 1.82) is 1.43 Å². The summed E-state index contributed by atoms with van der Waals surface area (Å²) in [5.74, 6) is 0. The molecule has 0 aliphatic heterocycles. The number of hydrogen-bond donors (Lipinski definition) is 1. The van der Waals surface area contributed by atoms with Crippen LogP contribution in [0.1, 0.15) is 5.56 Å². The molecule has 2 heteroatoms. The summed E-state index contributed by atoms with van der Waals surface area (Å²) < 4.78 is 7.51. The summed E-state index contributed by atoms with van der Waals surface area (Å²) >= 11 is 3.32. The fraction of sp³-hybridized carbons (Fsp3) is 0.143. The van der Waals surface area contributed by atoms with Gasteiger partial charge in [-0.3, -0.25) is 0 Å². The van der Waals surface area contributed by atoms with Crippen LogP contribution in [-0.2, 0) is 6.61 Å². The molecule has 0 amide bonds. The van der Waals surface area contributed by atoms with Crippen molar-refractivity contribution in [3.05, 3.63) is 34.3 Å². The molecule has 9 heavy (non-hydrogen) atoms. The molecule has 0 heterocycles. The van der Waals surface area contributed by atoms with Crippen LogP contribution in [0.25, 0.3) is 0 Å². The zero-order chi connectivity index (χ0) is 7.40. The Labute approximate surface area is 63.9 Å². The molecule has 48 valence electrons. The van der Waals surface area contributed by atoms with Gasteiger partial charge in [-0.1, -0.05) is 28.1 Å². The zero-order valence-corrected chi connectivity index (χ0v) is 6.39. The molecule has 0 aromatic heterocycles. The molecule has 0 aliphatic rings. The predicted molar refractivity (Wildman–Crippen MR) is 40.1 cm³/mol. The number of rotatable bonds is 2. The van der Waals surface area contributed by atoms with E-state index in [0.29, 0.717) is 6.61 Å². The second kappa shape index (κ2) is 2.99. The van der Waals surface area contributed by atoms with Gasteiger partial charge in [0.05, 0.1) is 6.61 Å². The van der Waals surface area contributed by atoms with Crippen LogP contribution in [0, 0.1) is 0 Å². The summed E-state index contributed by atoms with van der Waals surface area (Å²) in [4.78, 5) is 0. The van der Waals surface area contributed by atoms with Crippen LogP contribution in [0.3, 0.4) is 0 Å². The van der Waals surface area contributed by atoms with E-state index >= 15 is 0 Å². The van der Waals surface area contributed by atoms with Gasteiger partial charge in [0.2, 0.25) is 1.43 Å². The van der Waals surface area contributed by atoms with Crippen molar-refractivity contribution in [1.82, 2.24) is 0 Å². The maximum atomic E-state index is 6.50. The van der Waals surface area contributed by atoms with Gasteiger partial charge >= 0.3 is 0 Å². The van der Waals surface area contributed by atoms with Crippen LogP contribution in [0.5, 0.6) is 0 Å². The lowest BCUT2D eigenvalue weighted by Gasteiger charge is -1.93. The highest BCUT2D eigenvalue weighted by Crippen LogP contribution is 2.10. The number of aliphatic hydroxyl groups excluding tert-OH is 1. The first-order valence-electron chi connectivity index (χ1n) is 3.06. The van der Waals surface area contributed by atoms with E-state index in [2.05, 4.69) is 21.0 Å². The Balaban J connectivity index is 2.75. The first kappa shape index (κ1) is 5.45. The Kier molecular flexibility index (Phi) is 1.81. The number of aliphatic hydroxyl groups is 1. The minimum absolute atomic E-state index is 0.347. The summed E-state index contributed by atoms with van der Waals surface area (Å²) in [6.07, 6.45) is 0. The van der Waals surface area contributed by atoms with Gasteiger partial charge in [0.15, 0.2) is 0 Å². The van der Waals surface area contributed by atoms with Gasteiger partial charge in [0.1, 0.15) is 0 Å². The molecule has 0 bridgehead atoms. The van der Waals surface area contributed by atoms with E-state index < -0.39 is 0 Å². The van der Waals surface area contributed by atoms with Crippen molar-refractivity contribution in [2.24, 2.45) is 0 Å². The Morgan fingerprint density at radius 3 is 3.22 bits per heavy atom. The van der Waals surface area contributed by atoms with Crippen LogP contribution in [0.2, 0.25) is 0 Å². The van der Waals surface area contributed by atoms with Gasteiger partial charge in [-0.2, -0.15) is 0 Å². The van der Waals surface area contributed by atoms with Gasteiger partial charge in [0.25, 0.3) is 0 Å². The maximum Gasteiger partial charge on any atom is 0.211 e. The van der Waals surface area contributed by atoms with Gasteiger partial charge in [0, 0.05) is 4.47 Å². The fourth-order valence-electron chi connectivity index (χ4n) is 0.627. The molecule has 1 aromatic carbocycles. The third-order valence-corrected chi connectivity index (χ3v) is 1.55. The van der Waals surface area contributed by atoms with Gasteiger partial charge in [-0.05, 0) is 17.7 Å². The molecule has 1 nitrogen and oxygen atoms in total. The van der Waals surface area contributed by atoms with Crippen molar-refractivity contribution in [2.75, 3.05) is 0 Å². The van der Waals surface area contributed by atoms with Crippen LogP contribution < -0.4 is 0 Å². The smallest absolute Gasteiger partial charge is 0.211 e. The van der Waals surface area contributed by atoms with Crippen LogP contribution >= 0.6 is 15.9 Å². The largest absolute Gasteiger partial charge is 0.392 e. The lowest BCUT2D eigenvalue weighted by atomic mass is 10.2. The SMILES string of the molecule is [3H]OCc1cccc(Br)c1. The highest BCUT2D eigenvalue weighted by Gasteiger charge is 1.88. The molecular weight excluding hydrogens is 180 g/mol. The first-order valence-corrected chi connectivity index (χ1v) is 3.45. The molecule has 0 saturated heterocycles. The van der Waals surface area contributed by atoms with Crippen LogP contribution in [0.4, 0.5) is 0 Å². The fourth-order valence-corrected chi connectivity index (χ4v) is 1.07. The predicted octanol–water partition coefficient (Wildman–Crippen LogP) is 1.94. The number of hydrogen-bond acceptors (Lipinski definition) is 1. The summed E-state index contributed by atoms with van der Waals surface area (Å²) in [6, 6.07) is 7.69. The van der Waals surface area contributed by atoms with E-state index in [1.807, 2.05) is 24.3 Å². The Hall–Kier alpha value is -0.340. The average molecular weight is 189 g/mol. The summed E-state index contributed by atoms with van der Waals surface area (Å²) in [5.41, 5.74) is 1.00. The maximum absolute atomic E-state index is 6.50. The van der Waals surface area contributed by atoms with Crippen molar-refractivity contribution >= 4 is 15.9 Å². The van der Waals surface area contributed by atoms with Crippen LogP contribution in [0.15, 0.2) is 28.7 Å². The zero-order valence-electron chi connectivity index (χ0n) is 5.80. The van der Waals surface area contributed by atoms with E-state index in [4.69, 9.17) is 1.43 Å². The van der Waals surface area contributed by atoms with Crippen molar-refractivity contribution in [3.63, 3.8) is 0 Å². The molecule has 0 aliphatic carbocycles. The standard InChI is InChI=1S/C7H7BrO/c8-7-3-1-2-6(4-7)5-9/h1-4,9H,5H2/i9T. The number of benzene rings is 1. The quantitative estimate of drug-likeness (QED) is 0.753. The van der Waals surface area contributed by atoms with Crippen molar-refractivity contribution in [2.45, 2.75) is 6.61 Å². The topological polar surface area (TPSA) is 20.2 Å². The lowest BCUT2D eigenvalue weighted by Crippen LogP contribution is -1.79. The van der Waals surface area contributed by atoms with E-state index in [1.54, 1.807) is 0 Å². The Bertz CT molecular complexity index is 215. The monoisotopic (exact) mass is 188 g/mol. The Morgan fingerprint density at radius 2 is 2.56 bits per heavy atom. The second-order valence-corrected chi connectivity index (χ2v) is 2.69. The third-order valence-electron chi connectivity index (χ3n) is 1.06. The highest BCUT2D eigenvalue weighted by molar-refractivity contribution is 9.10. The molecule has 0 spiro atoms. The molecule has 1 aromatic rings. The number of halogens is 1. The third kappa shape index (κ3) is 1.80. The van der Waals surface area contributed by atoms with Crippen LogP contribution in [-0.4, -0.2) is 6.54 Å². The first-order chi connectivity index (χ1) is 4.83. The Morgan fingerprint density at radius 1 is 1.67 bits per heavy atom. The van der Waals surface area contributed by atoms with Gasteiger partial charge in [-0.15, -0.1) is 0 Å². The molecule has 1 rings (SSSR count). The molecule has 0 radical (unpaired) electrons. The second-order valence-electron chi connectivity index (χ2n) is 1.77. The lowest BCUT2D eigenvalue weighted by molar-refractivity contribution is 0.282. The van der Waals surface area contributed by atoms with Gasteiger partial charge in [-0.25, -0.2) is 0 Å². The normalized spacial score (nSPS) is 11.0. The van der Waals surface area contributed by atoms with E-state index in [-0.39, 0.29) is 0 Å². The van der Waals surface area contributed by atoms with Crippen molar-refractivity contribution in [3.8, 4) is 0 Å². The minimum atomic E-state index is 0.347. The average Bonchev–Trinajstić information content (AvgIpc) is 1.88. The highest BCUT2D eigenvalue weighted by atomic mass is 79.9.